The molecule has 4 heteroatoms. The van der Waals surface area contributed by atoms with Crippen molar-refractivity contribution in [2.24, 2.45) is 0 Å². The third kappa shape index (κ3) is 2.28. The van der Waals surface area contributed by atoms with Crippen molar-refractivity contribution in [2.45, 2.75) is 24.9 Å². The minimum Gasteiger partial charge on any atom is -0.504 e. The molecule has 0 spiro atoms. The fourth-order valence-electron chi connectivity index (χ4n) is 2.18. The van der Waals surface area contributed by atoms with Gasteiger partial charge < -0.3 is 20.6 Å². The Hall–Kier alpha value is -1.26. The van der Waals surface area contributed by atoms with Gasteiger partial charge in [0, 0.05) is 18.5 Å². The second-order valence-electron chi connectivity index (χ2n) is 4.47. The average molecular weight is 223 g/mol. The molecule has 1 fully saturated rings. The van der Waals surface area contributed by atoms with E-state index in [1.165, 1.54) is 6.07 Å². The highest BCUT2D eigenvalue weighted by molar-refractivity contribution is 5.44. The van der Waals surface area contributed by atoms with Gasteiger partial charge in [0.05, 0.1) is 5.60 Å². The molecule has 2 rings (SSSR count). The van der Waals surface area contributed by atoms with E-state index in [1.807, 2.05) is 0 Å². The highest BCUT2D eigenvalue weighted by Gasteiger charge is 2.30. The Morgan fingerprint density at radius 2 is 2.12 bits per heavy atom. The van der Waals surface area contributed by atoms with Crippen LogP contribution in [0.25, 0.3) is 0 Å². The van der Waals surface area contributed by atoms with Crippen molar-refractivity contribution < 1.29 is 15.3 Å². The Kier molecular flexibility index (Phi) is 3.03. The number of hydrogen-bond donors (Lipinski definition) is 4. The van der Waals surface area contributed by atoms with E-state index in [2.05, 4.69) is 5.32 Å². The first-order valence-corrected chi connectivity index (χ1v) is 5.54. The van der Waals surface area contributed by atoms with Gasteiger partial charge >= 0.3 is 0 Å². The first-order chi connectivity index (χ1) is 7.61. The quantitative estimate of drug-likeness (QED) is 0.558. The smallest absolute Gasteiger partial charge is 0.160 e. The summed E-state index contributed by atoms with van der Waals surface area (Å²) in [6, 6.07) is 4.83. The van der Waals surface area contributed by atoms with E-state index in [9.17, 15) is 15.3 Å². The molecule has 0 amide bonds. The predicted octanol–water partition coefficient (Wildman–Crippen LogP) is 0.755. The van der Waals surface area contributed by atoms with Crippen molar-refractivity contribution >= 4 is 0 Å². The van der Waals surface area contributed by atoms with E-state index in [-0.39, 0.29) is 11.5 Å². The van der Waals surface area contributed by atoms with Crippen LogP contribution >= 0.6 is 0 Å². The lowest BCUT2D eigenvalue weighted by atomic mass is 9.87. The predicted molar refractivity (Wildman–Crippen MR) is 60.5 cm³/mol. The SMILES string of the molecule is Oc1cccc(CC2(O)CCCNC2)c1O. The number of para-hydroxylation sites is 1. The number of aromatic hydroxyl groups is 2. The molecular formula is C12H17NO3. The fourth-order valence-corrected chi connectivity index (χ4v) is 2.18. The van der Waals surface area contributed by atoms with E-state index in [0.29, 0.717) is 18.5 Å². The summed E-state index contributed by atoms with van der Waals surface area (Å²) >= 11 is 0. The molecular weight excluding hydrogens is 206 g/mol. The lowest BCUT2D eigenvalue weighted by Gasteiger charge is -2.32. The second kappa shape index (κ2) is 4.31. The minimum atomic E-state index is -0.816. The summed E-state index contributed by atoms with van der Waals surface area (Å²) < 4.78 is 0. The van der Waals surface area contributed by atoms with E-state index in [0.717, 1.165) is 19.4 Å². The number of phenols is 2. The lowest BCUT2D eigenvalue weighted by Crippen LogP contribution is -2.47. The largest absolute Gasteiger partial charge is 0.504 e. The first kappa shape index (κ1) is 11.2. The third-order valence-electron chi connectivity index (χ3n) is 3.07. The van der Waals surface area contributed by atoms with Crippen LogP contribution in [0.1, 0.15) is 18.4 Å². The molecule has 1 atom stereocenters. The van der Waals surface area contributed by atoms with Crippen LogP contribution in [0.3, 0.4) is 0 Å². The van der Waals surface area contributed by atoms with Crippen LogP contribution in [0.2, 0.25) is 0 Å². The zero-order chi connectivity index (χ0) is 11.6. The van der Waals surface area contributed by atoms with Gasteiger partial charge in [-0.05, 0) is 25.5 Å². The van der Waals surface area contributed by atoms with Crippen LogP contribution in [-0.4, -0.2) is 34.0 Å². The summed E-state index contributed by atoms with van der Waals surface area (Å²) in [6.07, 6.45) is 2.01. The van der Waals surface area contributed by atoms with Crippen molar-refractivity contribution in [1.82, 2.24) is 5.32 Å². The number of piperidine rings is 1. The number of phenolic OH excluding ortho intramolecular Hbond substituents is 2. The van der Waals surface area contributed by atoms with Gasteiger partial charge in [-0.25, -0.2) is 0 Å². The van der Waals surface area contributed by atoms with Gasteiger partial charge in [0.2, 0.25) is 0 Å². The van der Waals surface area contributed by atoms with Crippen LogP contribution in [0, 0.1) is 0 Å². The number of nitrogens with one attached hydrogen (secondary N) is 1. The molecule has 1 aliphatic heterocycles. The molecule has 0 bridgehead atoms. The summed E-state index contributed by atoms with van der Waals surface area (Å²) in [5.74, 6) is -0.258. The van der Waals surface area contributed by atoms with Crippen LogP contribution < -0.4 is 5.32 Å². The zero-order valence-electron chi connectivity index (χ0n) is 9.11. The van der Waals surface area contributed by atoms with Gasteiger partial charge in [-0.2, -0.15) is 0 Å². The Bertz CT molecular complexity index is 373. The number of β-amino-alcohol motifs (C(OH)–C–C–N with tert-alkyl or cyclic N) is 1. The molecule has 1 aromatic carbocycles. The topological polar surface area (TPSA) is 72.7 Å². The molecule has 1 aromatic rings. The molecule has 0 radical (unpaired) electrons. The molecule has 1 unspecified atom stereocenters. The number of benzene rings is 1. The molecule has 16 heavy (non-hydrogen) atoms. The molecule has 0 saturated carbocycles. The summed E-state index contributed by atoms with van der Waals surface area (Å²) in [5.41, 5.74) is -0.227. The third-order valence-corrected chi connectivity index (χ3v) is 3.07. The zero-order valence-corrected chi connectivity index (χ0v) is 9.11. The van der Waals surface area contributed by atoms with Gasteiger partial charge in [0.15, 0.2) is 11.5 Å². The molecule has 1 aliphatic rings. The molecule has 88 valence electrons. The Balaban J connectivity index is 2.16. The highest BCUT2D eigenvalue weighted by atomic mass is 16.3. The number of rotatable bonds is 2. The maximum atomic E-state index is 10.3. The first-order valence-electron chi connectivity index (χ1n) is 5.54. The van der Waals surface area contributed by atoms with E-state index in [4.69, 9.17) is 0 Å². The van der Waals surface area contributed by atoms with Gasteiger partial charge in [-0.3, -0.25) is 0 Å². The standard InChI is InChI=1S/C12H17NO3/c14-10-4-1-3-9(11(10)15)7-12(16)5-2-6-13-8-12/h1,3-4,13-16H,2,5-8H2. The average Bonchev–Trinajstić information content (AvgIpc) is 2.26. The van der Waals surface area contributed by atoms with Crippen LogP contribution in [0.15, 0.2) is 18.2 Å². The van der Waals surface area contributed by atoms with Gasteiger partial charge in [0.25, 0.3) is 0 Å². The van der Waals surface area contributed by atoms with Crippen molar-refractivity contribution in [3.05, 3.63) is 23.8 Å². The maximum absolute atomic E-state index is 10.3. The molecule has 0 aliphatic carbocycles. The summed E-state index contributed by atoms with van der Waals surface area (Å²) in [4.78, 5) is 0. The van der Waals surface area contributed by atoms with Crippen LogP contribution in [0.5, 0.6) is 11.5 Å². The Labute approximate surface area is 94.5 Å². The van der Waals surface area contributed by atoms with Gasteiger partial charge in [-0.15, -0.1) is 0 Å². The van der Waals surface area contributed by atoms with Crippen LogP contribution in [0.4, 0.5) is 0 Å². The van der Waals surface area contributed by atoms with E-state index >= 15 is 0 Å². The van der Waals surface area contributed by atoms with E-state index in [1.54, 1.807) is 12.1 Å². The van der Waals surface area contributed by atoms with Crippen molar-refractivity contribution in [1.29, 1.82) is 0 Å². The number of hydrogen-bond acceptors (Lipinski definition) is 4. The maximum Gasteiger partial charge on any atom is 0.160 e. The Morgan fingerprint density at radius 1 is 1.31 bits per heavy atom. The van der Waals surface area contributed by atoms with Crippen LogP contribution in [-0.2, 0) is 6.42 Å². The molecule has 4 nitrogen and oxygen atoms in total. The van der Waals surface area contributed by atoms with Crippen molar-refractivity contribution in [3.63, 3.8) is 0 Å². The molecule has 1 heterocycles. The lowest BCUT2D eigenvalue weighted by molar-refractivity contribution is 0.0164. The normalized spacial score (nSPS) is 25.6. The van der Waals surface area contributed by atoms with E-state index < -0.39 is 5.60 Å². The number of aliphatic hydroxyl groups is 1. The summed E-state index contributed by atoms with van der Waals surface area (Å²) in [7, 11) is 0. The van der Waals surface area contributed by atoms with Crippen molar-refractivity contribution in [3.8, 4) is 11.5 Å². The summed E-state index contributed by atoms with van der Waals surface area (Å²) in [6.45, 7) is 1.45. The Morgan fingerprint density at radius 3 is 2.81 bits per heavy atom. The van der Waals surface area contributed by atoms with Crippen molar-refractivity contribution in [2.75, 3.05) is 13.1 Å². The summed E-state index contributed by atoms with van der Waals surface area (Å²) in [5, 5.41) is 32.4. The molecule has 0 aromatic heterocycles. The minimum absolute atomic E-state index is 0.124. The highest BCUT2D eigenvalue weighted by Crippen LogP contribution is 2.32. The van der Waals surface area contributed by atoms with Gasteiger partial charge in [0.1, 0.15) is 0 Å². The second-order valence-corrected chi connectivity index (χ2v) is 4.47. The molecule has 1 saturated heterocycles. The molecule has 4 N–H and O–H groups in total. The van der Waals surface area contributed by atoms with Gasteiger partial charge in [-0.1, -0.05) is 12.1 Å². The fraction of sp³-hybridized carbons (Fsp3) is 0.500. The monoisotopic (exact) mass is 223 g/mol.